The lowest BCUT2D eigenvalue weighted by Crippen LogP contribution is -2.46. The molecule has 1 saturated heterocycles. The Balaban J connectivity index is 1.34. The van der Waals surface area contributed by atoms with Crippen molar-refractivity contribution in [1.82, 2.24) is 4.90 Å². The smallest absolute Gasteiger partial charge is 0.277 e. The maximum Gasteiger partial charge on any atom is 0.277 e. The molecule has 8 heteroatoms. The summed E-state index contributed by atoms with van der Waals surface area (Å²) in [6, 6.07) is 15.0. The van der Waals surface area contributed by atoms with E-state index in [-0.39, 0.29) is 24.6 Å². The topological polar surface area (TPSA) is 96.3 Å². The summed E-state index contributed by atoms with van der Waals surface area (Å²) in [4.78, 5) is 29.7. The Hall–Kier alpha value is -3.52. The number of carbonyl (C=O) groups excluding carboxylic acids is 2. The van der Waals surface area contributed by atoms with Crippen LogP contribution >= 0.6 is 0 Å². The number of nitrogens with one attached hydrogen (secondary N) is 1. The molecule has 0 radical (unpaired) electrons. The van der Waals surface area contributed by atoms with Crippen LogP contribution in [0.1, 0.15) is 0 Å². The normalized spacial score (nSPS) is 16.8. The lowest BCUT2D eigenvalue weighted by atomic mass is 10.2. The van der Waals surface area contributed by atoms with Gasteiger partial charge in [0.15, 0.2) is 0 Å². The first-order chi connectivity index (χ1) is 14.5. The standard InChI is InChI=1S/C22H24N4O4/c27-14-13-26-21(29)15-20(22(26)30)23-16-1-3-17(4-2-16)24-9-11-25(12-10-24)18-5-7-19(28)8-6-18/h1-8,15,23,27-28H,9-14H2. The van der Waals surface area contributed by atoms with Crippen LogP contribution in [0.3, 0.4) is 0 Å². The number of carbonyl (C=O) groups is 2. The monoisotopic (exact) mass is 408 g/mol. The molecule has 0 bridgehead atoms. The van der Waals surface area contributed by atoms with Crippen molar-refractivity contribution in [2.45, 2.75) is 0 Å². The number of phenols is 1. The summed E-state index contributed by atoms with van der Waals surface area (Å²) >= 11 is 0. The minimum Gasteiger partial charge on any atom is -0.508 e. The molecule has 8 nitrogen and oxygen atoms in total. The highest BCUT2D eigenvalue weighted by Gasteiger charge is 2.30. The third-order valence-electron chi connectivity index (χ3n) is 5.34. The molecule has 2 aliphatic heterocycles. The van der Waals surface area contributed by atoms with Gasteiger partial charge in [0.1, 0.15) is 11.4 Å². The number of aliphatic hydroxyl groups excluding tert-OH is 1. The Morgan fingerprint density at radius 1 is 0.833 bits per heavy atom. The number of aromatic hydroxyl groups is 1. The molecule has 2 aromatic carbocycles. The quantitative estimate of drug-likeness (QED) is 0.622. The van der Waals surface area contributed by atoms with Gasteiger partial charge in [0.2, 0.25) is 0 Å². The molecule has 0 atom stereocenters. The maximum absolute atomic E-state index is 12.2. The summed E-state index contributed by atoms with van der Waals surface area (Å²) in [5, 5.41) is 21.4. The molecule has 156 valence electrons. The Morgan fingerprint density at radius 3 is 1.90 bits per heavy atom. The molecule has 0 aromatic heterocycles. The van der Waals surface area contributed by atoms with Crippen LogP contribution in [-0.2, 0) is 9.59 Å². The van der Waals surface area contributed by atoms with E-state index < -0.39 is 11.8 Å². The van der Waals surface area contributed by atoms with E-state index in [1.807, 2.05) is 36.4 Å². The Bertz CT molecular complexity index is 948. The number of phenolic OH excluding ortho intramolecular Hbond substituents is 1. The van der Waals surface area contributed by atoms with E-state index in [9.17, 15) is 14.7 Å². The molecule has 4 rings (SSSR count). The van der Waals surface area contributed by atoms with Gasteiger partial charge in [0.25, 0.3) is 11.8 Å². The second-order valence-electron chi connectivity index (χ2n) is 7.24. The summed E-state index contributed by atoms with van der Waals surface area (Å²) in [5.41, 5.74) is 3.13. The zero-order chi connectivity index (χ0) is 21.1. The molecule has 0 unspecified atom stereocenters. The third-order valence-corrected chi connectivity index (χ3v) is 5.34. The molecule has 2 aromatic rings. The van der Waals surface area contributed by atoms with Crippen LogP contribution in [-0.4, -0.2) is 66.3 Å². The SMILES string of the molecule is O=C1C=C(Nc2ccc(N3CCN(c4ccc(O)cc4)CC3)cc2)C(=O)N1CCO. The fourth-order valence-corrected chi connectivity index (χ4v) is 3.71. The Labute approximate surface area is 174 Å². The fraction of sp³-hybridized carbons (Fsp3) is 0.273. The Morgan fingerprint density at radius 2 is 1.37 bits per heavy atom. The molecule has 0 saturated carbocycles. The molecule has 0 spiro atoms. The van der Waals surface area contributed by atoms with E-state index in [2.05, 4.69) is 15.1 Å². The van der Waals surface area contributed by atoms with Crippen molar-refractivity contribution in [3.05, 3.63) is 60.3 Å². The molecule has 1 fully saturated rings. The van der Waals surface area contributed by atoms with E-state index >= 15 is 0 Å². The summed E-state index contributed by atoms with van der Waals surface area (Å²) in [7, 11) is 0. The average molecular weight is 408 g/mol. The average Bonchev–Trinajstić information content (AvgIpc) is 3.03. The second kappa shape index (κ2) is 8.46. The highest BCUT2D eigenvalue weighted by atomic mass is 16.3. The number of imide groups is 1. The van der Waals surface area contributed by atoms with Crippen molar-refractivity contribution in [2.24, 2.45) is 0 Å². The largest absolute Gasteiger partial charge is 0.508 e. The molecule has 3 N–H and O–H groups in total. The van der Waals surface area contributed by atoms with Gasteiger partial charge in [-0.3, -0.25) is 14.5 Å². The van der Waals surface area contributed by atoms with Gasteiger partial charge < -0.3 is 25.3 Å². The first-order valence-corrected chi connectivity index (χ1v) is 9.89. The molecule has 2 amide bonds. The zero-order valence-corrected chi connectivity index (χ0v) is 16.5. The van der Waals surface area contributed by atoms with Crippen molar-refractivity contribution in [1.29, 1.82) is 0 Å². The number of benzene rings is 2. The van der Waals surface area contributed by atoms with Crippen molar-refractivity contribution in [2.75, 3.05) is 54.4 Å². The number of anilines is 3. The maximum atomic E-state index is 12.2. The van der Waals surface area contributed by atoms with Gasteiger partial charge in [-0.05, 0) is 48.5 Å². The lowest BCUT2D eigenvalue weighted by molar-refractivity contribution is -0.137. The number of hydrogen-bond acceptors (Lipinski definition) is 7. The first-order valence-electron chi connectivity index (χ1n) is 9.89. The number of β-amino-alcohol motifs (C(OH)–C–C–N with tert-alkyl or cyclic N) is 1. The molecule has 2 heterocycles. The van der Waals surface area contributed by atoms with E-state index in [0.717, 1.165) is 48.1 Å². The van der Waals surface area contributed by atoms with Gasteiger partial charge in [0.05, 0.1) is 13.2 Å². The minimum atomic E-state index is -0.427. The van der Waals surface area contributed by atoms with Crippen LogP contribution < -0.4 is 15.1 Å². The van der Waals surface area contributed by atoms with Gasteiger partial charge in [-0.15, -0.1) is 0 Å². The molecule has 0 aliphatic carbocycles. The van der Waals surface area contributed by atoms with Crippen LogP contribution in [0.2, 0.25) is 0 Å². The van der Waals surface area contributed by atoms with Crippen molar-refractivity contribution < 1.29 is 19.8 Å². The van der Waals surface area contributed by atoms with Crippen LogP contribution in [0.4, 0.5) is 17.1 Å². The second-order valence-corrected chi connectivity index (χ2v) is 7.24. The number of aliphatic hydroxyl groups is 1. The lowest BCUT2D eigenvalue weighted by Gasteiger charge is -2.37. The van der Waals surface area contributed by atoms with Crippen LogP contribution in [0, 0.1) is 0 Å². The molecule has 2 aliphatic rings. The van der Waals surface area contributed by atoms with Crippen LogP contribution in [0.5, 0.6) is 5.75 Å². The number of hydrogen-bond donors (Lipinski definition) is 3. The molecular formula is C22H24N4O4. The van der Waals surface area contributed by atoms with E-state index in [1.165, 1.54) is 6.08 Å². The summed E-state index contributed by atoms with van der Waals surface area (Å²) < 4.78 is 0. The van der Waals surface area contributed by atoms with E-state index in [4.69, 9.17) is 5.11 Å². The highest BCUT2D eigenvalue weighted by molar-refractivity contribution is 6.17. The Kier molecular flexibility index (Phi) is 5.58. The van der Waals surface area contributed by atoms with Gasteiger partial charge >= 0.3 is 0 Å². The van der Waals surface area contributed by atoms with Gasteiger partial charge in [-0.25, -0.2) is 0 Å². The van der Waals surface area contributed by atoms with Gasteiger partial charge in [-0.2, -0.15) is 0 Å². The number of piperazine rings is 1. The minimum absolute atomic E-state index is 0.00555. The molecule has 30 heavy (non-hydrogen) atoms. The zero-order valence-electron chi connectivity index (χ0n) is 16.5. The van der Waals surface area contributed by atoms with Crippen molar-refractivity contribution >= 4 is 28.9 Å². The van der Waals surface area contributed by atoms with Gasteiger partial charge in [-0.1, -0.05) is 0 Å². The predicted octanol–water partition coefficient (Wildman–Crippen LogP) is 1.38. The van der Waals surface area contributed by atoms with E-state index in [0.29, 0.717) is 0 Å². The highest BCUT2D eigenvalue weighted by Crippen LogP contribution is 2.24. The fourth-order valence-electron chi connectivity index (χ4n) is 3.71. The summed E-state index contributed by atoms with van der Waals surface area (Å²) in [5.74, 6) is -0.574. The summed E-state index contributed by atoms with van der Waals surface area (Å²) in [6.07, 6.45) is 1.26. The summed E-state index contributed by atoms with van der Waals surface area (Å²) in [6.45, 7) is 3.26. The molecular weight excluding hydrogens is 384 g/mol. The van der Waals surface area contributed by atoms with E-state index in [1.54, 1.807) is 12.1 Å². The first kappa shape index (κ1) is 19.8. The number of nitrogens with zero attached hydrogens (tertiary/aromatic N) is 3. The third kappa shape index (κ3) is 4.08. The number of amides is 2. The number of rotatable bonds is 6. The predicted molar refractivity (Wildman–Crippen MR) is 114 cm³/mol. The van der Waals surface area contributed by atoms with Gasteiger partial charge in [0, 0.05) is 49.3 Å². The van der Waals surface area contributed by atoms with Crippen molar-refractivity contribution in [3.8, 4) is 5.75 Å². The van der Waals surface area contributed by atoms with Crippen LogP contribution in [0.25, 0.3) is 0 Å². The van der Waals surface area contributed by atoms with Crippen LogP contribution in [0.15, 0.2) is 60.3 Å². The van der Waals surface area contributed by atoms with Crippen molar-refractivity contribution in [3.63, 3.8) is 0 Å².